The number of amides is 1. The fraction of sp³-hybridized carbons (Fsp3) is 0.240. The molecule has 0 saturated heterocycles. The van der Waals surface area contributed by atoms with Crippen molar-refractivity contribution in [1.82, 2.24) is 0 Å². The Bertz CT molecular complexity index is 1130. The predicted molar refractivity (Wildman–Crippen MR) is 123 cm³/mol. The van der Waals surface area contributed by atoms with Gasteiger partial charge in [0, 0.05) is 36.9 Å². The number of nitrogens with zero attached hydrogens (tertiary/aromatic N) is 2. The molecule has 178 valence electrons. The number of nitrogens with one attached hydrogen (secondary N) is 1. The van der Waals surface area contributed by atoms with Crippen LogP contribution in [0.5, 0.6) is 0 Å². The number of pyridine rings is 1. The van der Waals surface area contributed by atoms with Gasteiger partial charge in [0.15, 0.2) is 12.4 Å². The highest BCUT2D eigenvalue weighted by molar-refractivity contribution is 5.94. The summed E-state index contributed by atoms with van der Waals surface area (Å²) in [5, 5.41) is 13.6. The summed E-state index contributed by atoms with van der Waals surface area (Å²) in [5.41, 5.74) is 3.06. The third-order valence-corrected chi connectivity index (χ3v) is 5.03. The van der Waals surface area contributed by atoms with Gasteiger partial charge in [-0.3, -0.25) is 14.9 Å². The molecule has 0 aliphatic heterocycles. The van der Waals surface area contributed by atoms with Crippen LogP contribution in [-0.4, -0.2) is 22.9 Å². The third kappa shape index (κ3) is 7.11. The number of carbonyl (C=O) groups is 2. The second-order valence-corrected chi connectivity index (χ2v) is 7.95. The highest BCUT2D eigenvalue weighted by Crippen LogP contribution is 2.15. The Labute approximate surface area is 204 Å². The first-order valence-electron chi connectivity index (χ1n) is 10.6. The van der Waals surface area contributed by atoms with Crippen LogP contribution in [0.3, 0.4) is 0 Å². The lowest BCUT2D eigenvalue weighted by Gasteiger charge is -2.11. The summed E-state index contributed by atoms with van der Waals surface area (Å²) in [6.45, 7) is 5.36. The van der Waals surface area contributed by atoms with E-state index in [1.165, 1.54) is 12.1 Å². The number of ether oxygens (including phenoxy) is 1. The molecule has 1 N–H and O–H groups in total. The molecule has 8 nitrogen and oxygen atoms in total. The minimum Gasteiger partial charge on any atom is -1.00 e. The number of hydrogen-bond donors (Lipinski definition) is 1. The summed E-state index contributed by atoms with van der Waals surface area (Å²) in [5.74, 6) is -0.596. The summed E-state index contributed by atoms with van der Waals surface area (Å²) >= 11 is 0. The van der Waals surface area contributed by atoms with E-state index in [1.54, 1.807) is 61.7 Å². The second-order valence-electron chi connectivity index (χ2n) is 7.95. The number of hydrogen-bond acceptors (Lipinski definition) is 5. The average Bonchev–Trinajstić information content (AvgIpc) is 2.79. The van der Waals surface area contributed by atoms with Gasteiger partial charge in [-0.15, -0.1) is 0 Å². The van der Waals surface area contributed by atoms with E-state index < -0.39 is 16.9 Å². The van der Waals surface area contributed by atoms with E-state index >= 15 is 0 Å². The Morgan fingerprint density at radius 1 is 0.941 bits per heavy atom. The Kier molecular flexibility index (Phi) is 9.27. The minimum atomic E-state index is -0.455. The number of anilines is 1. The van der Waals surface area contributed by atoms with Crippen molar-refractivity contribution >= 4 is 23.3 Å². The lowest BCUT2D eigenvalue weighted by atomic mass is 10.1. The molecule has 34 heavy (non-hydrogen) atoms. The molecule has 2 aromatic carbocycles. The molecule has 0 bridgehead atoms. The molecule has 1 heterocycles. The molecular weight excluding hydrogens is 458 g/mol. The Hall–Kier alpha value is -3.78. The number of carbonyl (C=O) groups excluding carboxylic acids is 2. The number of esters is 1. The van der Waals surface area contributed by atoms with E-state index in [-0.39, 0.29) is 30.1 Å². The monoisotopic (exact) mass is 483 g/mol. The number of aromatic nitrogens is 1. The van der Waals surface area contributed by atoms with E-state index in [0.717, 1.165) is 11.1 Å². The van der Waals surface area contributed by atoms with Crippen molar-refractivity contribution in [3.05, 3.63) is 99.9 Å². The zero-order valence-electron chi connectivity index (χ0n) is 19.1. The van der Waals surface area contributed by atoms with Crippen molar-refractivity contribution < 1.29 is 36.2 Å². The fourth-order valence-corrected chi connectivity index (χ4v) is 3.17. The van der Waals surface area contributed by atoms with Crippen LogP contribution in [0.2, 0.25) is 0 Å². The SMILES string of the molecule is CC(C)OC(=O)c1ccc(NC(=O)C(C)[n+]2ccc(Cc3ccc([N+](=O)[O-])cc3)cc2)cc1.[Cl-]. The molecule has 0 spiro atoms. The van der Waals surface area contributed by atoms with Gasteiger partial charge in [0.05, 0.1) is 16.6 Å². The number of halogens is 1. The first-order chi connectivity index (χ1) is 15.7. The zero-order chi connectivity index (χ0) is 24.0. The average molecular weight is 484 g/mol. The molecule has 9 heteroatoms. The van der Waals surface area contributed by atoms with Gasteiger partial charge >= 0.3 is 5.97 Å². The lowest BCUT2D eigenvalue weighted by molar-refractivity contribution is -0.705. The standard InChI is InChI=1S/C25H25N3O5.ClH/c1-17(2)33-25(30)21-6-8-22(9-7-21)26-24(29)18(3)27-14-12-20(13-15-27)16-19-4-10-23(11-5-19)28(31)32;/h4-15,17-18H,16H2,1-3H3;1H. The van der Waals surface area contributed by atoms with Crippen molar-refractivity contribution in [3.8, 4) is 0 Å². The molecule has 0 aliphatic carbocycles. The Morgan fingerprint density at radius 3 is 2.03 bits per heavy atom. The normalized spacial score (nSPS) is 11.3. The van der Waals surface area contributed by atoms with Gasteiger partial charge in [-0.1, -0.05) is 12.1 Å². The molecule has 0 fully saturated rings. The van der Waals surface area contributed by atoms with Crippen molar-refractivity contribution in [2.24, 2.45) is 0 Å². The summed E-state index contributed by atoms with van der Waals surface area (Å²) < 4.78 is 6.95. The van der Waals surface area contributed by atoms with Crippen LogP contribution in [0.15, 0.2) is 73.1 Å². The number of rotatable bonds is 8. The number of nitro groups is 1. The summed E-state index contributed by atoms with van der Waals surface area (Å²) in [6, 6.07) is 16.4. The van der Waals surface area contributed by atoms with Gasteiger partial charge in [0.25, 0.3) is 11.6 Å². The third-order valence-electron chi connectivity index (χ3n) is 5.03. The van der Waals surface area contributed by atoms with Crippen LogP contribution in [0, 0.1) is 10.1 Å². The van der Waals surface area contributed by atoms with E-state index in [1.807, 2.05) is 24.5 Å². The first kappa shape index (κ1) is 26.5. The molecule has 3 rings (SSSR count). The van der Waals surface area contributed by atoms with Crippen LogP contribution in [0.25, 0.3) is 0 Å². The Balaban J connectivity index is 0.00000408. The molecule has 0 radical (unpaired) electrons. The quantitative estimate of drug-likeness (QED) is 0.225. The molecule has 0 aliphatic rings. The Morgan fingerprint density at radius 2 is 1.50 bits per heavy atom. The van der Waals surface area contributed by atoms with Gasteiger partial charge < -0.3 is 22.5 Å². The van der Waals surface area contributed by atoms with Crippen molar-refractivity contribution in [3.63, 3.8) is 0 Å². The number of nitro benzene ring substituents is 1. The molecular formula is C25H26ClN3O5. The van der Waals surface area contributed by atoms with E-state index in [0.29, 0.717) is 17.7 Å². The maximum Gasteiger partial charge on any atom is 0.338 e. The van der Waals surface area contributed by atoms with Crippen molar-refractivity contribution in [2.75, 3.05) is 5.32 Å². The highest BCUT2D eigenvalue weighted by atomic mass is 35.5. The molecule has 0 saturated carbocycles. The van der Waals surface area contributed by atoms with Crippen LogP contribution < -0.4 is 22.3 Å². The van der Waals surface area contributed by atoms with Crippen LogP contribution in [0.4, 0.5) is 11.4 Å². The topological polar surface area (TPSA) is 102 Å². The second kappa shape index (κ2) is 11.9. The number of non-ortho nitro benzene ring substituents is 1. The van der Waals surface area contributed by atoms with Crippen molar-refractivity contribution in [2.45, 2.75) is 39.3 Å². The molecule has 1 atom stereocenters. The smallest absolute Gasteiger partial charge is 0.338 e. The van der Waals surface area contributed by atoms with Crippen molar-refractivity contribution in [1.29, 1.82) is 0 Å². The van der Waals surface area contributed by atoms with Gasteiger partial charge in [0.2, 0.25) is 6.04 Å². The van der Waals surface area contributed by atoms with E-state index in [4.69, 9.17) is 4.74 Å². The largest absolute Gasteiger partial charge is 1.00 e. The summed E-state index contributed by atoms with van der Waals surface area (Å²) in [7, 11) is 0. The highest BCUT2D eigenvalue weighted by Gasteiger charge is 2.22. The first-order valence-corrected chi connectivity index (χ1v) is 10.6. The fourth-order valence-electron chi connectivity index (χ4n) is 3.17. The van der Waals surface area contributed by atoms with Crippen LogP contribution in [0.1, 0.15) is 48.3 Å². The van der Waals surface area contributed by atoms with Gasteiger partial charge in [-0.05, 0) is 55.7 Å². The maximum atomic E-state index is 12.7. The molecule has 1 amide bonds. The minimum absolute atomic E-state index is 0. The summed E-state index contributed by atoms with van der Waals surface area (Å²) in [6.07, 6.45) is 4.09. The zero-order valence-corrected chi connectivity index (χ0v) is 19.9. The molecule has 3 aromatic rings. The van der Waals surface area contributed by atoms with E-state index in [2.05, 4.69) is 5.32 Å². The predicted octanol–water partition coefficient (Wildman–Crippen LogP) is 1.24. The van der Waals surface area contributed by atoms with Gasteiger partial charge in [-0.25, -0.2) is 4.79 Å². The van der Waals surface area contributed by atoms with Crippen LogP contribution >= 0.6 is 0 Å². The van der Waals surface area contributed by atoms with E-state index in [9.17, 15) is 19.7 Å². The van der Waals surface area contributed by atoms with Gasteiger partial charge in [-0.2, -0.15) is 4.57 Å². The molecule has 1 unspecified atom stereocenters. The number of benzene rings is 2. The lowest BCUT2D eigenvalue weighted by Crippen LogP contribution is -3.00. The van der Waals surface area contributed by atoms with Crippen LogP contribution in [-0.2, 0) is 16.0 Å². The summed E-state index contributed by atoms with van der Waals surface area (Å²) in [4.78, 5) is 34.9. The molecule has 1 aromatic heterocycles. The maximum absolute atomic E-state index is 12.7. The van der Waals surface area contributed by atoms with Gasteiger partial charge in [0.1, 0.15) is 0 Å².